The molecule has 160 valence electrons. The van der Waals surface area contributed by atoms with Crippen LogP contribution < -0.4 is 5.32 Å². The third-order valence-corrected chi connectivity index (χ3v) is 6.93. The van der Waals surface area contributed by atoms with E-state index >= 15 is 0 Å². The maximum Gasteiger partial charge on any atom is 0.338 e. The van der Waals surface area contributed by atoms with Gasteiger partial charge in [0.2, 0.25) is 10.0 Å². The fraction of sp³-hybridized carbons (Fsp3) is 0.364. The van der Waals surface area contributed by atoms with Crippen LogP contribution in [0.1, 0.15) is 52.5 Å². The second-order valence-corrected chi connectivity index (χ2v) is 9.13. The van der Waals surface area contributed by atoms with Gasteiger partial charge in [-0.2, -0.15) is 4.31 Å². The number of hydrogen-bond acceptors (Lipinski definition) is 5. The SMILES string of the molecule is CCOC(=O)c1cccc(NC(=O)c2cc(S(=O)(=O)N3CCCCC3)ccc2C)c1. The van der Waals surface area contributed by atoms with Crippen molar-refractivity contribution in [2.24, 2.45) is 0 Å². The quantitative estimate of drug-likeness (QED) is 0.707. The third-order valence-electron chi connectivity index (χ3n) is 5.04. The Hall–Kier alpha value is -2.71. The predicted octanol–water partition coefficient (Wildman–Crippen LogP) is 3.60. The first-order valence-electron chi connectivity index (χ1n) is 10.0. The molecule has 1 amide bonds. The maximum absolute atomic E-state index is 13.0. The number of ether oxygens (including phenoxy) is 1. The summed E-state index contributed by atoms with van der Waals surface area (Å²) >= 11 is 0. The molecular weight excluding hydrogens is 404 g/mol. The summed E-state index contributed by atoms with van der Waals surface area (Å²) in [7, 11) is -3.64. The summed E-state index contributed by atoms with van der Waals surface area (Å²) < 4.78 is 32.4. The Bertz CT molecular complexity index is 1040. The maximum atomic E-state index is 13.0. The second-order valence-electron chi connectivity index (χ2n) is 7.20. The molecule has 1 aliphatic rings. The number of anilines is 1. The largest absolute Gasteiger partial charge is 0.462 e. The van der Waals surface area contributed by atoms with Crippen LogP contribution in [0.4, 0.5) is 5.69 Å². The van der Waals surface area contributed by atoms with E-state index in [9.17, 15) is 18.0 Å². The van der Waals surface area contributed by atoms with Gasteiger partial charge in [-0.1, -0.05) is 18.6 Å². The van der Waals surface area contributed by atoms with Crippen molar-refractivity contribution in [1.29, 1.82) is 0 Å². The number of carbonyl (C=O) groups excluding carboxylic acids is 2. The average Bonchev–Trinajstić information content (AvgIpc) is 2.75. The summed E-state index contributed by atoms with van der Waals surface area (Å²) in [6.45, 7) is 4.72. The Kier molecular flexibility index (Phi) is 6.89. The molecule has 1 fully saturated rings. The average molecular weight is 431 g/mol. The van der Waals surface area contributed by atoms with Gasteiger partial charge in [0.05, 0.1) is 17.1 Å². The molecule has 1 saturated heterocycles. The zero-order valence-corrected chi connectivity index (χ0v) is 18.0. The minimum absolute atomic E-state index is 0.112. The number of aryl methyl sites for hydroxylation is 1. The molecule has 2 aromatic carbocycles. The van der Waals surface area contributed by atoms with Crippen molar-refractivity contribution in [3.05, 3.63) is 59.2 Å². The van der Waals surface area contributed by atoms with Gasteiger partial charge in [0, 0.05) is 24.3 Å². The number of carbonyl (C=O) groups is 2. The molecular formula is C22H26N2O5S. The summed E-state index contributed by atoms with van der Waals surface area (Å²) in [5.41, 5.74) is 1.68. The van der Waals surface area contributed by atoms with Gasteiger partial charge >= 0.3 is 5.97 Å². The van der Waals surface area contributed by atoms with Crippen LogP contribution in [0.5, 0.6) is 0 Å². The van der Waals surface area contributed by atoms with E-state index in [1.165, 1.54) is 22.5 Å². The van der Waals surface area contributed by atoms with Crippen LogP contribution in [0.3, 0.4) is 0 Å². The normalized spacial score (nSPS) is 14.9. The zero-order chi connectivity index (χ0) is 21.7. The first-order valence-corrected chi connectivity index (χ1v) is 11.5. The number of hydrogen-bond donors (Lipinski definition) is 1. The Morgan fingerprint density at radius 3 is 2.50 bits per heavy atom. The number of esters is 1. The summed E-state index contributed by atoms with van der Waals surface area (Å²) in [5.74, 6) is -0.913. The van der Waals surface area contributed by atoms with E-state index in [1.54, 1.807) is 38.1 Å². The van der Waals surface area contributed by atoms with Gasteiger partial charge in [-0.15, -0.1) is 0 Å². The van der Waals surface area contributed by atoms with Crippen molar-refractivity contribution >= 4 is 27.6 Å². The lowest BCUT2D eigenvalue weighted by atomic mass is 10.1. The molecule has 30 heavy (non-hydrogen) atoms. The lowest BCUT2D eigenvalue weighted by Crippen LogP contribution is -2.35. The Morgan fingerprint density at radius 2 is 1.80 bits per heavy atom. The van der Waals surface area contributed by atoms with Crippen LogP contribution in [0.25, 0.3) is 0 Å². The lowest BCUT2D eigenvalue weighted by Gasteiger charge is -2.26. The van der Waals surface area contributed by atoms with Crippen LogP contribution in [0.2, 0.25) is 0 Å². The highest BCUT2D eigenvalue weighted by Crippen LogP contribution is 2.23. The Morgan fingerprint density at radius 1 is 1.07 bits per heavy atom. The van der Waals surface area contributed by atoms with Crippen LogP contribution >= 0.6 is 0 Å². The molecule has 0 radical (unpaired) electrons. The van der Waals surface area contributed by atoms with E-state index in [-0.39, 0.29) is 17.1 Å². The van der Waals surface area contributed by atoms with Crippen molar-refractivity contribution in [2.75, 3.05) is 25.0 Å². The van der Waals surface area contributed by atoms with E-state index in [0.717, 1.165) is 19.3 Å². The van der Waals surface area contributed by atoms with E-state index in [4.69, 9.17) is 4.74 Å². The van der Waals surface area contributed by atoms with Crippen molar-refractivity contribution in [3.63, 3.8) is 0 Å². The number of sulfonamides is 1. The zero-order valence-electron chi connectivity index (χ0n) is 17.2. The van der Waals surface area contributed by atoms with Gasteiger partial charge in [0.25, 0.3) is 5.91 Å². The third kappa shape index (κ3) is 4.88. The number of nitrogens with one attached hydrogen (secondary N) is 1. The molecule has 0 bridgehead atoms. The standard InChI is InChI=1S/C22H26N2O5S/c1-3-29-22(26)17-8-7-9-18(14-17)23-21(25)20-15-19(11-10-16(20)2)30(27,28)24-12-5-4-6-13-24/h7-11,14-15H,3-6,12-13H2,1-2H3,(H,23,25). The number of piperidine rings is 1. The second kappa shape index (κ2) is 9.40. The monoisotopic (exact) mass is 430 g/mol. The van der Waals surface area contributed by atoms with Crippen LogP contribution in [-0.4, -0.2) is 44.3 Å². The summed E-state index contributed by atoms with van der Waals surface area (Å²) in [5, 5.41) is 2.74. The van der Waals surface area contributed by atoms with Crippen molar-refractivity contribution in [3.8, 4) is 0 Å². The highest BCUT2D eigenvalue weighted by atomic mass is 32.2. The highest BCUT2D eigenvalue weighted by Gasteiger charge is 2.27. The van der Waals surface area contributed by atoms with Gasteiger partial charge in [-0.3, -0.25) is 4.79 Å². The molecule has 1 aliphatic heterocycles. The fourth-order valence-corrected chi connectivity index (χ4v) is 4.94. The van der Waals surface area contributed by atoms with Crippen molar-refractivity contribution < 1.29 is 22.7 Å². The van der Waals surface area contributed by atoms with E-state index in [1.807, 2.05) is 0 Å². The molecule has 0 unspecified atom stereocenters. The van der Waals surface area contributed by atoms with Gasteiger partial charge in [-0.05, 0) is 62.6 Å². The summed E-state index contributed by atoms with van der Waals surface area (Å²) in [6, 6.07) is 11.0. The molecule has 3 rings (SSSR count). The molecule has 8 heteroatoms. The molecule has 0 aliphatic carbocycles. The summed E-state index contributed by atoms with van der Waals surface area (Å²) in [6.07, 6.45) is 2.71. The molecule has 7 nitrogen and oxygen atoms in total. The van der Waals surface area contributed by atoms with Gasteiger partial charge < -0.3 is 10.1 Å². The molecule has 1 heterocycles. The van der Waals surface area contributed by atoms with Crippen LogP contribution in [-0.2, 0) is 14.8 Å². The summed E-state index contributed by atoms with van der Waals surface area (Å²) in [4.78, 5) is 24.9. The molecule has 1 N–H and O–H groups in total. The Balaban J connectivity index is 1.84. The minimum Gasteiger partial charge on any atom is -0.462 e. The van der Waals surface area contributed by atoms with Gasteiger partial charge in [-0.25, -0.2) is 13.2 Å². The van der Waals surface area contributed by atoms with E-state index in [2.05, 4.69) is 5.32 Å². The van der Waals surface area contributed by atoms with Crippen molar-refractivity contribution in [1.82, 2.24) is 4.31 Å². The first kappa shape index (κ1) is 22.0. The van der Waals surface area contributed by atoms with Gasteiger partial charge in [0.1, 0.15) is 0 Å². The molecule has 0 spiro atoms. The number of rotatable bonds is 6. The fourth-order valence-electron chi connectivity index (χ4n) is 3.40. The highest BCUT2D eigenvalue weighted by molar-refractivity contribution is 7.89. The lowest BCUT2D eigenvalue weighted by molar-refractivity contribution is 0.0526. The Labute approximate surface area is 177 Å². The van der Waals surface area contributed by atoms with E-state index < -0.39 is 21.9 Å². The van der Waals surface area contributed by atoms with E-state index in [0.29, 0.717) is 29.9 Å². The predicted molar refractivity (Wildman–Crippen MR) is 114 cm³/mol. The number of benzene rings is 2. The first-order chi connectivity index (χ1) is 14.3. The van der Waals surface area contributed by atoms with Crippen LogP contribution in [0.15, 0.2) is 47.4 Å². The smallest absolute Gasteiger partial charge is 0.338 e. The van der Waals surface area contributed by atoms with Gasteiger partial charge in [0.15, 0.2) is 0 Å². The minimum atomic E-state index is -3.64. The number of nitrogens with zero attached hydrogens (tertiary/aromatic N) is 1. The van der Waals surface area contributed by atoms with Crippen LogP contribution in [0, 0.1) is 6.92 Å². The number of amides is 1. The molecule has 0 aromatic heterocycles. The van der Waals surface area contributed by atoms with Crippen molar-refractivity contribution in [2.45, 2.75) is 38.0 Å². The molecule has 0 atom stereocenters. The topological polar surface area (TPSA) is 92.8 Å². The molecule has 0 saturated carbocycles. The molecule has 2 aromatic rings.